The van der Waals surface area contributed by atoms with Gasteiger partial charge in [0.2, 0.25) is 0 Å². The van der Waals surface area contributed by atoms with Crippen LogP contribution in [-0.2, 0) is 16.1 Å². The Kier molecular flexibility index (Phi) is 4.80. The minimum atomic E-state index is -0.930. The van der Waals surface area contributed by atoms with Gasteiger partial charge in [0, 0.05) is 7.11 Å². The Balaban J connectivity index is 2.56. The fourth-order valence-electron chi connectivity index (χ4n) is 1.18. The van der Waals surface area contributed by atoms with E-state index in [1.165, 1.54) is 0 Å². The summed E-state index contributed by atoms with van der Waals surface area (Å²) in [5.74, 6) is -0.930. The summed E-state index contributed by atoms with van der Waals surface area (Å²) in [5, 5.41) is 8.89. The molecule has 0 radical (unpaired) electrons. The third-order valence-corrected chi connectivity index (χ3v) is 1.94. The van der Waals surface area contributed by atoms with E-state index in [0.29, 0.717) is 25.4 Å². The number of benzene rings is 1. The normalized spacial score (nSPS) is 10.2. The van der Waals surface area contributed by atoms with Gasteiger partial charge in [-0.15, -0.1) is 0 Å². The van der Waals surface area contributed by atoms with E-state index in [2.05, 4.69) is 0 Å². The van der Waals surface area contributed by atoms with Gasteiger partial charge in [-0.3, -0.25) is 0 Å². The lowest BCUT2D eigenvalue weighted by Crippen LogP contribution is -2.06. The quantitative estimate of drug-likeness (QED) is 0.724. The summed E-state index contributed by atoms with van der Waals surface area (Å²) in [6.07, 6.45) is 0. The molecule has 0 aromatic heterocycles. The van der Waals surface area contributed by atoms with Crippen LogP contribution in [0.2, 0.25) is 0 Å². The Hall–Kier alpha value is -1.39. The smallest absolute Gasteiger partial charge is 0.336 e. The van der Waals surface area contributed by atoms with E-state index in [1.807, 2.05) is 0 Å². The van der Waals surface area contributed by atoms with Crippen molar-refractivity contribution in [1.82, 2.24) is 0 Å². The molecule has 0 saturated heterocycles. The lowest BCUT2D eigenvalue weighted by Gasteiger charge is -2.06. The summed E-state index contributed by atoms with van der Waals surface area (Å²) in [6, 6.07) is 6.80. The maximum absolute atomic E-state index is 10.8. The topological polar surface area (TPSA) is 55.8 Å². The SMILES string of the molecule is COCCOCc1ccccc1C(=O)O. The molecule has 0 aliphatic carbocycles. The van der Waals surface area contributed by atoms with E-state index in [4.69, 9.17) is 14.6 Å². The van der Waals surface area contributed by atoms with E-state index in [0.717, 1.165) is 0 Å². The fraction of sp³-hybridized carbons (Fsp3) is 0.364. The first kappa shape index (κ1) is 11.7. The van der Waals surface area contributed by atoms with Crippen molar-refractivity contribution < 1.29 is 19.4 Å². The highest BCUT2D eigenvalue weighted by molar-refractivity contribution is 5.89. The second kappa shape index (κ2) is 6.16. The van der Waals surface area contributed by atoms with E-state index >= 15 is 0 Å². The zero-order valence-electron chi connectivity index (χ0n) is 8.60. The van der Waals surface area contributed by atoms with Gasteiger partial charge in [0.15, 0.2) is 0 Å². The van der Waals surface area contributed by atoms with Gasteiger partial charge in [0.05, 0.1) is 25.4 Å². The third-order valence-electron chi connectivity index (χ3n) is 1.94. The van der Waals surface area contributed by atoms with Crippen molar-refractivity contribution in [2.24, 2.45) is 0 Å². The number of hydrogen-bond donors (Lipinski definition) is 1. The number of carbonyl (C=O) groups is 1. The predicted octanol–water partition coefficient (Wildman–Crippen LogP) is 1.55. The molecular formula is C11H14O4. The van der Waals surface area contributed by atoms with Crippen LogP contribution in [0.25, 0.3) is 0 Å². The van der Waals surface area contributed by atoms with Crippen molar-refractivity contribution in [3.8, 4) is 0 Å². The lowest BCUT2D eigenvalue weighted by atomic mass is 10.1. The van der Waals surface area contributed by atoms with Gasteiger partial charge < -0.3 is 14.6 Å². The van der Waals surface area contributed by atoms with Crippen LogP contribution in [0.1, 0.15) is 15.9 Å². The highest BCUT2D eigenvalue weighted by atomic mass is 16.5. The van der Waals surface area contributed by atoms with E-state index in [1.54, 1.807) is 31.4 Å². The van der Waals surface area contributed by atoms with Crippen LogP contribution in [0, 0.1) is 0 Å². The van der Waals surface area contributed by atoms with Crippen LogP contribution in [-0.4, -0.2) is 31.4 Å². The number of hydrogen-bond acceptors (Lipinski definition) is 3. The lowest BCUT2D eigenvalue weighted by molar-refractivity contribution is 0.0590. The van der Waals surface area contributed by atoms with Crippen LogP contribution in [0.3, 0.4) is 0 Å². The Labute approximate surface area is 88.4 Å². The first-order valence-corrected chi connectivity index (χ1v) is 4.63. The molecule has 0 spiro atoms. The second-order valence-corrected chi connectivity index (χ2v) is 3.01. The maximum Gasteiger partial charge on any atom is 0.336 e. The summed E-state index contributed by atoms with van der Waals surface area (Å²) in [7, 11) is 1.59. The first-order chi connectivity index (χ1) is 7.25. The summed E-state index contributed by atoms with van der Waals surface area (Å²) in [5.41, 5.74) is 0.969. The van der Waals surface area contributed by atoms with Gasteiger partial charge in [0.25, 0.3) is 0 Å². The summed E-state index contributed by atoms with van der Waals surface area (Å²) in [4.78, 5) is 10.8. The fourth-order valence-corrected chi connectivity index (χ4v) is 1.18. The average molecular weight is 210 g/mol. The Morgan fingerprint density at radius 3 is 2.73 bits per heavy atom. The zero-order chi connectivity index (χ0) is 11.1. The van der Waals surface area contributed by atoms with Crippen molar-refractivity contribution in [2.45, 2.75) is 6.61 Å². The Morgan fingerprint density at radius 2 is 2.07 bits per heavy atom. The molecule has 0 atom stereocenters. The van der Waals surface area contributed by atoms with Crippen LogP contribution >= 0.6 is 0 Å². The zero-order valence-corrected chi connectivity index (χ0v) is 8.60. The number of rotatable bonds is 6. The Bertz CT molecular complexity index is 322. The van der Waals surface area contributed by atoms with Crippen molar-refractivity contribution >= 4 is 5.97 Å². The highest BCUT2D eigenvalue weighted by Gasteiger charge is 2.08. The summed E-state index contributed by atoms with van der Waals surface area (Å²) < 4.78 is 10.1. The molecule has 0 aliphatic rings. The van der Waals surface area contributed by atoms with E-state index < -0.39 is 5.97 Å². The van der Waals surface area contributed by atoms with Crippen molar-refractivity contribution in [3.05, 3.63) is 35.4 Å². The molecule has 0 fully saturated rings. The van der Waals surface area contributed by atoms with E-state index in [-0.39, 0.29) is 5.56 Å². The number of aromatic carboxylic acids is 1. The van der Waals surface area contributed by atoms with Gasteiger partial charge in [-0.25, -0.2) is 4.79 Å². The largest absolute Gasteiger partial charge is 0.478 e. The minimum Gasteiger partial charge on any atom is -0.478 e. The van der Waals surface area contributed by atoms with Crippen LogP contribution in [0.5, 0.6) is 0 Å². The molecule has 4 heteroatoms. The highest BCUT2D eigenvalue weighted by Crippen LogP contribution is 2.09. The van der Waals surface area contributed by atoms with Crippen LogP contribution in [0.15, 0.2) is 24.3 Å². The summed E-state index contributed by atoms with van der Waals surface area (Å²) in [6.45, 7) is 1.27. The van der Waals surface area contributed by atoms with Gasteiger partial charge in [-0.2, -0.15) is 0 Å². The molecule has 0 unspecified atom stereocenters. The van der Waals surface area contributed by atoms with Gasteiger partial charge in [-0.05, 0) is 11.6 Å². The summed E-state index contributed by atoms with van der Waals surface area (Å²) >= 11 is 0. The number of carboxylic acids is 1. The molecule has 0 amide bonds. The van der Waals surface area contributed by atoms with Crippen molar-refractivity contribution in [3.63, 3.8) is 0 Å². The third kappa shape index (κ3) is 3.69. The van der Waals surface area contributed by atoms with Gasteiger partial charge in [0.1, 0.15) is 0 Å². The van der Waals surface area contributed by atoms with Crippen LogP contribution < -0.4 is 0 Å². The van der Waals surface area contributed by atoms with E-state index in [9.17, 15) is 4.79 Å². The molecule has 15 heavy (non-hydrogen) atoms. The monoisotopic (exact) mass is 210 g/mol. The number of carboxylic acid groups (broad SMARTS) is 1. The molecule has 1 aromatic carbocycles. The molecule has 0 saturated carbocycles. The average Bonchev–Trinajstić information content (AvgIpc) is 2.25. The minimum absolute atomic E-state index is 0.287. The molecular weight excluding hydrogens is 196 g/mol. The standard InChI is InChI=1S/C11H14O4/c1-14-6-7-15-8-9-4-2-3-5-10(9)11(12)13/h2-5H,6-8H2,1H3,(H,12,13). The molecule has 82 valence electrons. The van der Waals surface area contributed by atoms with Crippen LogP contribution in [0.4, 0.5) is 0 Å². The van der Waals surface area contributed by atoms with Crippen molar-refractivity contribution in [2.75, 3.05) is 20.3 Å². The second-order valence-electron chi connectivity index (χ2n) is 3.01. The van der Waals surface area contributed by atoms with Gasteiger partial charge in [-0.1, -0.05) is 18.2 Å². The molecule has 0 aliphatic heterocycles. The molecule has 0 heterocycles. The predicted molar refractivity (Wildman–Crippen MR) is 54.9 cm³/mol. The molecule has 1 rings (SSSR count). The molecule has 1 aromatic rings. The van der Waals surface area contributed by atoms with Crippen molar-refractivity contribution in [1.29, 1.82) is 0 Å². The first-order valence-electron chi connectivity index (χ1n) is 4.63. The molecule has 4 nitrogen and oxygen atoms in total. The number of methoxy groups -OCH3 is 1. The maximum atomic E-state index is 10.8. The molecule has 1 N–H and O–H groups in total. The number of ether oxygens (including phenoxy) is 2. The Morgan fingerprint density at radius 1 is 1.33 bits per heavy atom. The van der Waals surface area contributed by atoms with Gasteiger partial charge >= 0.3 is 5.97 Å². The molecule has 0 bridgehead atoms.